The van der Waals surface area contributed by atoms with Gasteiger partial charge in [0.2, 0.25) is 5.91 Å². The molecule has 0 bridgehead atoms. The Kier molecular flexibility index (Phi) is 6.76. The SMILES string of the molecule is COC(=O)c1c(-c2ccc(Br)cc2)csc1NC(=O)C=Cc1ccc([N+](=O)[O-])cc1. The summed E-state index contributed by atoms with van der Waals surface area (Å²) in [4.78, 5) is 34.9. The Balaban J connectivity index is 1.81. The van der Waals surface area contributed by atoms with Gasteiger partial charge < -0.3 is 10.1 Å². The topological polar surface area (TPSA) is 98.5 Å². The van der Waals surface area contributed by atoms with Gasteiger partial charge in [-0.05, 0) is 41.5 Å². The molecule has 9 heteroatoms. The standard InChI is InChI=1S/C21H15BrN2O5S/c1-29-21(26)19-17(14-5-7-15(22)8-6-14)12-30-20(19)23-18(25)11-4-13-2-9-16(10-3-13)24(27)28/h2-12H,1H3,(H,23,25). The third-order valence-electron chi connectivity index (χ3n) is 4.10. The van der Waals surface area contributed by atoms with Crippen LogP contribution in [0.4, 0.5) is 10.7 Å². The molecule has 0 atom stereocenters. The van der Waals surface area contributed by atoms with Crippen molar-refractivity contribution in [1.29, 1.82) is 0 Å². The van der Waals surface area contributed by atoms with E-state index in [9.17, 15) is 19.7 Å². The van der Waals surface area contributed by atoms with Gasteiger partial charge in [0, 0.05) is 33.6 Å². The van der Waals surface area contributed by atoms with Gasteiger partial charge in [-0.1, -0.05) is 28.1 Å². The number of nitrogens with zero attached hydrogens (tertiary/aromatic N) is 1. The highest BCUT2D eigenvalue weighted by molar-refractivity contribution is 9.10. The van der Waals surface area contributed by atoms with Crippen molar-refractivity contribution in [2.24, 2.45) is 0 Å². The maximum Gasteiger partial charge on any atom is 0.341 e. The number of nitro groups is 1. The van der Waals surface area contributed by atoms with E-state index in [2.05, 4.69) is 21.2 Å². The van der Waals surface area contributed by atoms with Crippen molar-refractivity contribution >= 4 is 55.9 Å². The van der Waals surface area contributed by atoms with Crippen molar-refractivity contribution in [3.05, 3.63) is 85.7 Å². The fourth-order valence-corrected chi connectivity index (χ4v) is 3.85. The summed E-state index contributed by atoms with van der Waals surface area (Å²) in [6.45, 7) is 0. The van der Waals surface area contributed by atoms with Crippen LogP contribution in [0.15, 0.2) is 64.5 Å². The largest absolute Gasteiger partial charge is 0.465 e. The van der Waals surface area contributed by atoms with E-state index in [4.69, 9.17) is 4.74 Å². The molecule has 0 radical (unpaired) electrons. The minimum Gasteiger partial charge on any atom is -0.465 e. The molecule has 1 heterocycles. The summed E-state index contributed by atoms with van der Waals surface area (Å²) < 4.78 is 5.80. The molecule has 0 saturated carbocycles. The molecule has 0 saturated heterocycles. The Morgan fingerprint density at radius 3 is 2.40 bits per heavy atom. The smallest absolute Gasteiger partial charge is 0.341 e. The van der Waals surface area contributed by atoms with Gasteiger partial charge in [-0.15, -0.1) is 11.3 Å². The molecule has 0 fully saturated rings. The Hall–Kier alpha value is -3.30. The predicted molar refractivity (Wildman–Crippen MR) is 120 cm³/mol. The van der Waals surface area contributed by atoms with Crippen LogP contribution in [0.25, 0.3) is 17.2 Å². The van der Waals surface area contributed by atoms with Crippen LogP contribution in [-0.4, -0.2) is 23.9 Å². The lowest BCUT2D eigenvalue weighted by Crippen LogP contribution is -2.11. The number of hydrogen-bond acceptors (Lipinski definition) is 6. The van der Waals surface area contributed by atoms with Crippen molar-refractivity contribution in [1.82, 2.24) is 0 Å². The maximum absolute atomic E-state index is 12.4. The highest BCUT2D eigenvalue weighted by Gasteiger charge is 2.21. The predicted octanol–water partition coefficient (Wildman–Crippen LogP) is 5.52. The van der Waals surface area contributed by atoms with Crippen molar-refractivity contribution in [3.8, 4) is 11.1 Å². The summed E-state index contributed by atoms with van der Waals surface area (Å²) in [5.41, 5.74) is 2.36. The molecule has 3 aromatic rings. The van der Waals surface area contributed by atoms with Gasteiger partial charge in [-0.3, -0.25) is 14.9 Å². The number of esters is 1. The van der Waals surface area contributed by atoms with Gasteiger partial charge in [-0.25, -0.2) is 4.79 Å². The van der Waals surface area contributed by atoms with E-state index in [0.717, 1.165) is 10.0 Å². The molecule has 0 aliphatic carbocycles. The monoisotopic (exact) mass is 486 g/mol. The van der Waals surface area contributed by atoms with Crippen molar-refractivity contribution in [2.75, 3.05) is 12.4 Å². The van der Waals surface area contributed by atoms with Crippen molar-refractivity contribution in [2.45, 2.75) is 0 Å². The number of hydrogen-bond donors (Lipinski definition) is 1. The third-order valence-corrected chi connectivity index (χ3v) is 5.53. The van der Waals surface area contributed by atoms with Gasteiger partial charge >= 0.3 is 5.97 Å². The van der Waals surface area contributed by atoms with E-state index in [1.165, 1.54) is 42.7 Å². The number of amides is 1. The summed E-state index contributed by atoms with van der Waals surface area (Å²) in [7, 11) is 1.28. The first kappa shape index (κ1) is 21.4. The number of benzene rings is 2. The molecule has 3 rings (SSSR count). The van der Waals surface area contributed by atoms with E-state index >= 15 is 0 Å². The Morgan fingerprint density at radius 1 is 1.13 bits per heavy atom. The molecular weight excluding hydrogens is 472 g/mol. The first-order valence-corrected chi connectivity index (χ1v) is 10.3. The normalized spacial score (nSPS) is 10.7. The Labute approximate surface area is 184 Å². The molecule has 0 unspecified atom stereocenters. The van der Waals surface area contributed by atoms with Gasteiger partial charge in [-0.2, -0.15) is 0 Å². The number of methoxy groups -OCH3 is 1. The second-order valence-electron chi connectivity index (χ2n) is 6.02. The zero-order valence-electron chi connectivity index (χ0n) is 15.6. The average Bonchev–Trinajstić information content (AvgIpc) is 3.15. The lowest BCUT2D eigenvalue weighted by molar-refractivity contribution is -0.384. The van der Waals surface area contributed by atoms with Crippen LogP contribution in [0, 0.1) is 10.1 Å². The highest BCUT2D eigenvalue weighted by Crippen LogP contribution is 2.36. The zero-order valence-corrected chi connectivity index (χ0v) is 18.0. The van der Waals surface area contributed by atoms with Gasteiger partial charge in [0.15, 0.2) is 0 Å². The summed E-state index contributed by atoms with van der Waals surface area (Å²) >= 11 is 4.60. The van der Waals surface area contributed by atoms with E-state index in [0.29, 0.717) is 16.1 Å². The summed E-state index contributed by atoms with van der Waals surface area (Å²) in [6, 6.07) is 13.2. The number of carbonyl (C=O) groups is 2. The molecule has 1 aromatic heterocycles. The van der Waals surface area contributed by atoms with Gasteiger partial charge in [0.05, 0.1) is 12.0 Å². The summed E-state index contributed by atoms with van der Waals surface area (Å²) in [5.74, 6) is -0.994. The van der Waals surface area contributed by atoms with Crippen LogP contribution in [0.2, 0.25) is 0 Å². The van der Waals surface area contributed by atoms with E-state index in [-0.39, 0.29) is 11.3 Å². The minimum atomic E-state index is -0.552. The van der Waals surface area contributed by atoms with Crippen molar-refractivity contribution < 1.29 is 19.2 Å². The molecule has 30 heavy (non-hydrogen) atoms. The Bertz CT molecular complexity index is 1120. The molecule has 152 valence electrons. The lowest BCUT2D eigenvalue weighted by Gasteiger charge is -2.07. The molecule has 2 aromatic carbocycles. The molecular formula is C21H15BrN2O5S. The number of thiophene rings is 1. The van der Waals surface area contributed by atoms with E-state index < -0.39 is 16.8 Å². The number of halogens is 1. The quantitative estimate of drug-likeness (QED) is 0.214. The molecule has 0 aliphatic heterocycles. The number of non-ortho nitro benzene ring substituents is 1. The molecule has 1 amide bonds. The van der Waals surface area contributed by atoms with Crippen LogP contribution in [0.3, 0.4) is 0 Å². The van der Waals surface area contributed by atoms with Crippen LogP contribution < -0.4 is 5.32 Å². The zero-order chi connectivity index (χ0) is 21.7. The minimum absolute atomic E-state index is 0.0293. The number of anilines is 1. The van der Waals surface area contributed by atoms with Crippen LogP contribution in [-0.2, 0) is 9.53 Å². The number of nitro benzene ring substituents is 1. The lowest BCUT2D eigenvalue weighted by atomic mass is 10.0. The molecule has 1 N–H and O–H groups in total. The number of nitrogens with one attached hydrogen (secondary N) is 1. The first-order valence-electron chi connectivity index (χ1n) is 8.58. The third kappa shape index (κ3) is 5.00. The van der Waals surface area contributed by atoms with E-state index in [1.54, 1.807) is 17.5 Å². The van der Waals surface area contributed by atoms with Gasteiger partial charge in [0.25, 0.3) is 5.69 Å². The van der Waals surface area contributed by atoms with Gasteiger partial charge in [0.1, 0.15) is 10.6 Å². The van der Waals surface area contributed by atoms with Crippen molar-refractivity contribution in [3.63, 3.8) is 0 Å². The Morgan fingerprint density at radius 2 is 1.80 bits per heavy atom. The fourth-order valence-electron chi connectivity index (χ4n) is 2.63. The molecule has 0 spiro atoms. The first-order chi connectivity index (χ1) is 14.4. The molecule has 7 nitrogen and oxygen atoms in total. The van der Waals surface area contributed by atoms with Crippen LogP contribution in [0.1, 0.15) is 15.9 Å². The summed E-state index contributed by atoms with van der Waals surface area (Å²) in [6.07, 6.45) is 2.82. The second kappa shape index (κ2) is 9.47. The maximum atomic E-state index is 12.4. The average molecular weight is 487 g/mol. The number of carbonyl (C=O) groups excluding carboxylic acids is 2. The number of ether oxygens (including phenoxy) is 1. The van der Waals surface area contributed by atoms with E-state index in [1.807, 2.05) is 24.3 Å². The second-order valence-corrected chi connectivity index (χ2v) is 7.82. The summed E-state index contributed by atoms with van der Waals surface area (Å²) in [5, 5.41) is 15.6. The highest BCUT2D eigenvalue weighted by atomic mass is 79.9. The number of rotatable bonds is 6. The van der Waals surface area contributed by atoms with Crippen LogP contribution >= 0.6 is 27.3 Å². The molecule has 0 aliphatic rings. The van der Waals surface area contributed by atoms with Crippen LogP contribution in [0.5, 0.6) is 0 Å². The fraction of sp³-hybridized carbons (Fsp3) is 0.0476.